The van der Waals surface area contributed by atoms with Crippen LogP contribution < -0.4 is 10.6 Å². The SMILES string of the molecule is CSCCCNC(=O)C1CNC1. The lowest BCUT2D eigenvalue weighted by Gasteiger charge is -2.25. The van der Waals surface area contributed by atoms with Gasteiger partial charge in [-0.2, -0.15) is 11.8 Å². The predicted octanol–water partition coefficient (Wildman–Crippen LogP) is 0.0751. The van der Waals surface area contributed by atoms with Crippen molar-refractivity contribution >= 4 is 17.7 Å². The molecule has 12 heavy (non-hydrogen) atoms. The van der Waals surface area contributed by atoms with Crippen molar-refractivity contribution < 1.29 is 4.79 Å². The van der Waals surface area contributed by atoms with E-state index in [0.29, 0.717) is 0 Å². The van der Waals surface area contributed by atoms with Crippen LogP contribution in [-0.4, -0.2) is 37.6 Å². The van der Waals surface area contributed by atoms with Gasteiger partial charge in [-0.05, 0) is 18.4 Å². The first-order valence-corrected chi connectivity index (χ1v) is 5.71. The highest BCUT2D eigenvalue weighted by Gasteiger charge is 2.23. The molecule has 3 nitrogen and oxygen atoms in total. The zero-order valence-corrected chi connectivity index (χ0v) is 8.25. The molecule has 0 aromatic rings. The molecule has 1 saturated heterocycles. The molecule has 0 saturated carbocycles. The maximum Gasteiger partial charge on any atom is 0.225 e. The highest BCUT2D eigenvalue weighted by Crippen LogP contribution is 2.02. The Bertz CT molecular complexity index is 148. The van der Waals surface area contributed by atoms with Crippen molar-refractivity contribution in [1.82, 2.24) is 10.6 Å². The van der Waals surface area contributed by atoms with Gasteiger partial charge in [-0.15, -0.1) is 0 Å². The molecular formula is C8H16N2OS. The molecule has 0 aliphatic carbocycles. The Morgan fingerprint density at radius 2 is 2.42 bits per heavy atom. The van der Waals surface area contributed by atoms with Crippen molar-refractivity contribution in [2.75, 3.05) is 31.6 Å². The van der Waals surface area contributed by atoms with E-state index in [2.05, 4.69) is 16.9 Å². The van der Waals surface area contributed by atoms with Crippen LogP contribution in [0.2, 0.25) is 0 Å². The molecule has 1 aliphatic heterocycles. The van der Waals surface area contributed by atoms with Gasteiger partial charge in [-0.3, -0.25) is 4.79 Å². The summed E-state index contributed by atoms with van der Waals surface area (Å²) in [5.41, 5.74) is 0. The minimum Gasteiger partial charge on any atom is -0.356 e. The van der Waals surface area contributed by atoms with Crippen molar-refractivity contribution in [3.8, 4) is 0 Å². The lowest BCUT2D eigenvalue weighted by molar-refractivity contribution is -0.126. The summed E-state index contributed by atoms with van der Waals surface area (Å²) in [6, 6.07) is 0. The Balaban J connectivity index is 1.94. The van der Waals surface area contributed by atoms with E-state index in [9.17, 15) is 4.79 Å². The number of hydrogen-bond donors (Lipinski definition) is 2. The number of thioether (sulfide) groups is 1. The second kappa shape index (κ2) is 5.43. The Kier molecular flexibility index (Phi) is 4.46. The van der Waals surface area contributed by atoms with Gasteiger partial charge in [0.15, 0.2) is 0 Å². The van der Waals surface area contributed by atoms with E-state index in [1.807, 2.05) is 11.8 Å². The van der Waals surface area contributed by atoms with Crippen LogP contribution in [0.15, 0.2) is 0 Å². The number of rotatable bonds is 5. The topological polar surface area (TPSA) is 41.1 Å². The normalized spacial score (nSPS) is 17.1. The average Bonchev–Trinajstić information content (AvgIpc) is 1.95. The summed E-state index contributed by atoms with van der Waals surface area (Å²) < 4.78 is 0. The van der Waals surface area contributed by atoms with E-state index in [-0.39, 0.29) is 11.8 Å². The second-order valence-electron chi connectivity index (χ2n) is 2.99. The Morgan fingerprint density at radius 3 is 2.92 bits per heavy atom. The van der Waals surface area contributed by atoms with E-state index < -0.39 is 0 Å². The van der Waals surface area contributed by atoms with Crippen LogP contribution >= 0.6 is 11.8 Å². The van der Waals surface area contributed by atoms with Gasteiger partial charge in [0.05, 0.1) is 5.92 Å². The van der Waals surface area contributed by atoms with Crippen molar-refractivity contribution in [3.63, 3.8) is 0 Å². The monoisotopic (exact) mass is 188 g/mol. The third-order valence-electron chi connectivity index (χ3n) is 1.98. The van der Waals surface area contributed by atoms with Gasteiger partial charge in [-0.1, -0.05) is 0 Å². The Labute approximate surface area is 77.7 Å². The van der Waals surface area contributed by atoms with Crippen LogP contribution in [0, 0.1) is 5.92 Å². The molecule has 1 aliphatic rings. The molecule has 1 fully saturated rings. The first-order chi connectivity index (χ1) is 5.84. The van der Waals surface area contributed by atoms with Crippen molar-refractivity contribution in [1.29, 1.82) is 0 Å². The molecule has 0 unspecified atom stereocenters. The number of nitrogens with one attached hydrogen (secondary N) is 2. The van der Waals surface area contributed by atoms with Crippen molar-refractivity contribution in [2.45, 2.75) is 6.42 Å². The summed E-state index contributed by atoms with van der Waals surface area (Å²) in [6.07, 6.45) is 3.16. The number of carbonyl (C=O) groups is 1. The quantitative estimate of drug-likeness (QED) is 0.600. The summed E-state index contributed by atoms with van der Waals surface area (Å²) in [6.45, 7) is 2.54. The van der Waals surface area contributed by atoms with Crippen molar-refractivity contribution in [2.24, 2.45) is 5.92 Å². The molecule has 2 N–H and O–H groups in total. The number of hydrogen-bond acceptors (Lipinski definition) is 3. The molecule has 0 atom stereocenters. The summed E-state index contributed by atoms with van der Waals surface area (Å²) in [5, 5.41) is 6.01. The maximum absolute atomic E-state index is 11.2. The fourth-order valence-electron chi connectivity index (χ4n) is 1.05. The smallest absolute Gasteiger partial charge is 0.225 e. The molecule has 1 rings (SSSR count). The Morgan fingerprint density at radius 1 is 1.67 bits per heavy atom. The van der Waals surface area contributed by atoms with Crippen LogP contribution in [0.1, 0.15) is 6.42 Å². The van der Waals surface area contributed by atoms with Gasteiger partial charge in [0.25, 0.3) is 0 Å². The largest absolute Gasteiger partial charge is 0.356 e. The van der Waals surface area contributed by atoms with Crippen LogP contribution in [-0.2, 0) is 4.79 Å². The predicted molar refractivity (Wildman–Crippen MR) is 52.4 cm³/mol. The van der Waals surface area contributed by atoms with E-state index in [0.717, 1.165) is 31.8 Å². The summed E-state index contributed by atoms with van der Waals surface area (Å²) in [7, 11) is 0. The van der Waals surface area contributed by atoms with Gasteiger partial charge in [0, 0.05) is 19.6 Å². The van der Waals surface area contributed by atoms with Crippen LogP contribution in [0.3, 0.4) is 0 Å². The number of carbonyl (C=O) groups excluding carboxylic acids is 1. The number of amides is 1. The lowest BCUT2D eigenvalue weighted by Crippen LogP contribution is -2.50. The standard InChI is InChI=1S/C8H16N2OS/c1-12-4-2-3-10-8(11)7-5-9-6-7/h7,9H,2-6H2,1H3,(H,10,11). The summed E-state index contributed by atoms with van der Waals surface area (Å²) in [5.74, 6) is 1.58. The van der Waals surface area contributed by atoms with Crippen LogP contribution in [0.4, 0.5) is 0 Å². The third-order valence-corrected chi connectivity index (χ3v) is 2.67. The third kappa shape index (κ3) is 3.03. The minimum absolute atomic E-state index is 0.217. The van der Waals surface area contributed by atoms with Gasteiger partial charge in [-0.25, -0.2) is 0 Å². The molecule has 0 aromatic carbocycles. The Hall–Kier alpha value is -0.220. The highest BCUT2D eigenvalue weighted by atomic mass is 32.2. The second-order valence-corrected chi connectivity index (χ2v) is 3.98. The summed E-state index contributed by atoms with van der Waals surface area (Å²) >= 11 is 1.82. The van der Waals surface area contributed by atoms with E-state index in [1.165, 1.54) is 0 Å². The molecule has 0 radical (unpaired) electrons. The molecule has 1 amide bonds. The first-order valence-electron chi connectivity index (χ1n) is 4.32. The van der Waals surface area contributed by atoms with E-state index in [4.69, 9.17) is 0 Å². The molecular weight excluding hydrogens is 172 g/mol. The molecule has 0 spiro atoms. The minimum atomic E-state index is 0.217. The van der Waals surface area contributed by atoms with E-state index in [1.54, 1.807) is 0 Å². The van der Waals surface area contributed by atoms with Gasteiger partial charge in [0.2, 0.25) is 5.91 Å². The molecule has 70 valence electrons. The van der Waals surface area contributed by atoms with E-state index >= 15 is 0 Å². The van der Waals surface area contributed by atoms with Gasteiger partial charge in [0.1, 0.15) is 0 Å². The van der Waals surface area contributed by atoms with Gasteiger partial charge < -0.3 is 10.6 Å². The molecule has 0 bridgehead atoms. The molecule has 1 heterocycles. The van der Waals surface area contributed by atoms with Crippen molar-refractivity contribution in [3.05, 3.63) is 0 Å². The fraction of sp³-hybridized carbons (Fsp3) is 0.875. The summed E-state index contributed by atoms with van der Waals surface area (Å²) in [4.78, 5) is 11.2. The maximum atomic E-state index is 11.2. The van der Waals surface area contributed by atoms with Crippen LogP contribution in [0.25, 0.3) is 0 Å². The first kappa shape index (κ1) is 9.86. The fourth-order valence-corrected chi connectivity index (χ4v) is 1.48. The van der Waals surface area contributed by atoms with Gasteiger partial charge >= 0.3 is 0 Å². The van der Waals surface area contributed by atoms with Crippen LogP contribution in [0.5, 0.6) is 0 Å². The zero-order chi connectivity index (χ0) is 8.81. The highest BCUT2D eigenvalue weighted by molar-refractivity contribution is 7.98. The molecule has 4 heteroatoms. The molecule has 0 aromatic heterocycles. The lowest BCUT2D eigenvalue weighted by atomic mass is 10.0. The zero-order valence-electron chi connectivity index (χ0n) is 7.43. The average molecular weight is 188 g/mol.